The Morgan fingerprint density at radius 1 is 1.03 bits per heavy atom. The van der Waals surface area contributed by atoms with Crippen molar-refractivity contribution in [2.75, 3.05) is 6.54 Å². The maximum atomic E-state index is 13.4. The van der Waals surface area contributed by atoms with Crippen LogP contribution in [0.2, 0.25) is 0 Å². The molecule has 0 atom stereocenters. The summed E-state index contributed by atoms with van der Waals surface area (Å²) in [6.45, 7) is 0.489. The number of amides is 1. The molecule has 2 aliphatic rings. The van der Waals surface area contributed by atoms with E-state index in [1.54, 1.807) is 24.3 Å². The van der Waals surface area contributed by atoms with Crippen LogP contribution in [-0.4, -0.2) is 21.6 Å². The van der Waals surface area contributed by atoms with Gasteiger partial charge in [0.05, 0.1) is 11.1 Å². The number of thiophene rings is 1. The number of allylic oxidation sites excluding steroid dienone is 1. The van der Waals surface area contributed by atoms with E-state index in [0.29, 0.717) is 22.4 Å². The van der Waals surface area contributed by atoms with Gasteiger partial charge in [0.2, 0.25) is 5.91 Å². The zero-order valence-electron chi connectivity index (χ0n) is 18.1. The van der Waals surface area contributed by atoms with Gasteiger partial charge in [-0.25, -0.2) is 9.36 Å². The van der Waals surface area contributed by atoms with E-state index in [0.717, 1.165) is 44.1 Å². The van der Waals surface area contributed by atoms with Crippen LogP contribution < -0.4 is 16.6 Å². The second-order valence-corrected chi connectivity index (χ2v) is 9.67. The van der Waals surface area contributed by atoms with Crippen molar-refractivity contribution < 1.29 is 4.79 Å². The molecule has 1 amide bonds. The van der Waals surface area contributed by atoms with E-state index in [4.69, 9.17) is 0 Å². The zero-order chi connectivity index (χ0) is 22.1. The maximum absolute atomic E-state index is 13.4. The van der Waals surface area contributed by atoms with E-state index in [2.05, 4.69) is 11.4 Å². The van der Waals surface area contributed by atoms with Crippen LogP contribution in [0.3, 0.4) is 0 Å². The second-order valence-electron chi connectivity index (χ2n) is 8.59. The van der Waals surface area contributed by atoms with Crippen molar-refractivity contribution in [2.24, 2.45) is 0 Å². The van der Waals surface area contributed by atoms with Crippen LogP contribution in [0, 0.1) is 0 Å². The van der Waals surface area contributed by atoms with Gasteiger partial charge in [0.15, 0.2) is 0 Å². The molecule has 1 N–H and O–H groups in total. The number of rotatable bonds is 6. The van der Waals surface area contributed by atoms with Gasteiger partial charge in [-0.2, -0.15) is 0 Å². The fraction of sp³-hybridized carbons (Fsp3) is 0.400. The van der Waals surface area contributed by atoms with Gasteiger partial charge in [0, 0.05) is 11.4 Å². The number of nitrogens with one attached hydrogen (secondary N) is 1. The topological polar surface area (TPSA) is 73.1 Å². The average molecular weight is 450 g/mol. The maximum Gasteiger partial charge on any atom is 0.337 e. The number of hydrogen-bond acceptors (Lipinski definition) is 4. The fourth-order valence-electron chi connectivity index (χ4n) is 4.84. The van der Waals surface area contributed by atoms with Crippen LogP contribution in [0.15, 0.2) is 51.6 Å². The predicted octanol–water partition coefficient (Wildman–Crippen LogP) is 3.71. The first-order chi connectivity index (χ1) is 15.6. The number of benzene rings is 1. The molecule has 0 spiro atoms. The standard InChI is InChI=1S/C25H27N3O3S/c29-21(26-15-14-17-8-3-1-4-9-17)16-27-24-22(19-12-7-13-20(19)32-24)23(30)28(25(27)31)18-10-5-2-6-11-18/h2,5-6,8,10-11H,1,3-4,7,9,12-16H2,(H,26,29). The third-order valence-electron chi connectivity index (χ3n) is 6.46. The molecule has 7 heteroatoms. The quantitative estimate of drug-likeness (QED) is 0.583. The first kappa shape index (κ1) is 20.9. The molecule has 0 saturated heterocycles. The van der Waals surface area contributed by atoms with Crippen molar-refractivity contribution in [1.29, 1.82) is 0 Å². The molecule has 0 fully saturated rings. The van der Waals surface area contributed by atoms with E-state index in [1.165, 1.54) is 43.8 Å². The molecule has 3 aromatic rings. The number of carbonyl (C=O) groups is 1. The average Bonchev–Trinajstić information content (AvgIpc) is 3.40. The van der Waals surface area contributed by atoms with Crippen LogP contribution in [0.25, 0.3) is 15.9 Å². The van der Waals surface area contributed by atoms with Crippen molar-refractivity contribution in [1.82, 2.24) is 14.5 Å². The number of nitrogens with zero attached hydrogens (tertiary/aromatic N) is 2. The number of fused-ring (bicyclic) bond motifs is 3. The fourth-order valence-corrected chi connectivity index (χ4v) is 6.22. The summed E-state index contributed by atoms with van der Waals surface area (Å²) in [6, 6.07) is 8.97. The molecule has 0 bridgehead atoms. The molecule has 6 nitrogen and oxygen atoms in total. The van der Waals surface area contributed by atoms with Gasteiger partial charge in [0.1, 0.15) is 11.4 Å². The summed E-state index contributed by atoms with van der Waals surface area (Å²) < 4.78 is 2.70. The molecule has 0 aliphatic heterocycles. The summed E-state index contributed by atoms with van der Waals surface area (Å²) in [4.78, 5) is 41.4. The molecular formula is C25H27N3O3S. The van der Waals surface area contributed by atoms with E-state index in [9.17, 15) is 14.4 Å². The van der Waals surface area contributed by atoms with Crippen molar-refractivity contribution >= 4 is 27.5 Å². The summed E-state index contributed by atoms with van der Waals surface area (Å²) >= 11 is 1.49. The van der Waals surface area contributed by atoms with E-state index < -0.39 is 5.69 Å². The second kappa shape index (κ2) is 8.90. The predicted molar refractivity (Wildman–Crippen MR) is 128 cm³/mol. The minimum Gasteiger partial charge on any atom is -0.354 e. The Morgan fingerprint density at radius 2 is 1.88 bits per heavy atom. The molecule has 0 saturated carbocycles. The minimum absolute atomic E-state index is 0.0825. The van der Waals surface area contributed by atoms with Crippen LogP contribution in [0.4, 0.5) is 0 Å². The smallest absolute Gasteiger partial charge is 0.337 e. The SMILES string of the molecule is O=C(Cn1c(=O)n(-c2ccccc2)c(=O)c2c3c(sc21)CCC3)NCCC1=CCCCC1. The number of hydrogen-bond donors (Lipinski definition) is 1. The number of carbonyl (C=O) groups excluding carboxylic acids is 1. The van der Waals surface area contributed by atoms with E-state index in [1.807, 2.05) is 6.07 Å². The first-order valence-corrected chi connectivity index (χ1v) is 12.3. The van der Waals surface area contributed by atoms with Gasteiger partial charge in [-0.05, 0) is 69.1 Å². The Bertz CT molecular complexity index is 1310. The van der Waals surface area contributed by atoms with Crippen LogP contribution >= 0.6 is 11.3 Å². The van der Waals surface area contributed by atoms with Crippen LogP contribution in [0.1, 0.15) is 49.0 Å². The van der Waals surface area contributed by atoms with Crippen molar-refractivity contribution in [3.05, 3.63) is 73.3 Å². The first-order valence-electron chi connectivity index (χ1n) is 11.4. The minimum atomic E-state index is -0.459. The summed E-state index contributed by atoms with van der Waals surface area (Å²) in [7, 11) is 0. The highest BCUT2D eigenvalue weighted by Gasteiger charge is 2.25. The van der Waals surface area contributed by atoms with Crippen molar-refractivity contribution in [3.63, 3.8) is 0 Å². The van der Waals surface area contributed by atoms with Crippen molar-refractivity contribution in [3.8, 4) is 5.69 Å². The summed E-state index contributed by atoms with van der Waals surface area (Å²) in [5, 5.41) is 3.57. The number of aryl methyl sites for hydroxylation is 2. The van der Waals surface area contributed by atoms with Gasteiger partial charge in [-0.15, -0.1) is 11.3 Å². The molecule has 2 aromatic heterocycles. The Morgan fingerprint density at radius 3 is 2.66 bits per heavy atom. The lowest BCUT2D eigenvalue weighted by atomic mass is 9.97. The van der Waals surface area contributed by atoms with Gasteiger partial charge in [0.25, 0.3) is 5.56 Å². The van der Waals surface area contributed by atoms with Gasteiger partial charge in [-0.1, -0.05) is 29.8 Å². The highest BCUT2D eigenvalue weighted by Crippen LogP contribution is 2.35. The normalized spacial score (nSPS) is 15.6. The monoisotopic (exact) mass is 449 g/mol. The molecule has 32 heavy (non-hydrogen) atoms. The van der Waals surface area contributed by atoms with Gasteiger partial charge >= 0.3 is 5.69 Å². The molecule has 5 rings (SSSR count). The Kier molecular flexibility index (Phi) is 5.83. The highest BCUT2D eigenvalue weighted by molar-refractivity contribution is 7.19. The molecule has 2 heterocycles. The Hall–Kier alpha value is -2.93. The lowest BCUT2D eigenvalue weighted by Crippen LogP contribution is -2.41. The molecule has 0 unspecified atom stereocenters. The molecule has 1 aromatic carbocycles. The Labute approximate surface area is 190 Å². The third kappa shape index (κ3) is 3.86. The van der Waals surface area contributed by atoms with Crippen LogP contribution in [0.5, 0.6) is 0 Å². The number of aromatic nitrogens is 2. The molecule has 166 valence electrons. The lowest BCUT2D eigenvalue weighted by molar-refractivity contribution is -0.121. The molecular weight excluding hydrogens is 422 g/mol. The summed E-state index contributed by atoms with van der Waals surface area (Å²) in [5.41, 5.74) is 2.25. The number of para-hydroxylation sites is 1. The highest BCUT2D eigenvalue weighted by atomic mass is 32.1. The zero-order valence-corrected chi connectivity index (χ0v) is 18.9. The molecule has 0 radical (unpaired) electrons. The van der Waals surface area contributed by atoms with Crippen LogP contribution in [-0.2, 0) is 24.2 Å². The summed E-state index contributed by atoms with van der Waals surface area (Å²) in [5.74, 6) is -0.198. The molecule has 2 aliphatic carbocycles. The van der Waals surface area contributed by atoms with E-state index >= 15 is 0 Å². The van der Waals surface area contributed by atoms with Gasteiger partial charge < -0.3 is 5.32 Å². The third-order valence-corrected chi connectivity index (χ3v) is 7.77. The van der Waals surface area contributed by atoms with Crippen molar-refractivity contribution in [2.45, 2.75) is 57.9 Å². The Balaban J connectivity index is 1.49. The van der Waals surface area contributed by atoms with Gasteiger partial charge in [-0.3, -0.25) is 14.2 Å². The summed E-state index contributed by atoms with van der Waals surface area (Å²) in [6.07, 6.45) is 10.6. The largest absolute Gasteiger partial charge is 0.354 e. The lowest BCUT2D eigenvalue weighted by Gasteiger charge is -2.14. The van der Waals surface area contributed by atoms with E-state index in [-0.39, 0.29) is 18.0 Å².